The molecule has 4 nitrogen and oxygen atoms in total. The van der Waals surface area contributed by atoms with Crippen LogP contribution in [-0.4, -0.2) is 26.1 Å². The Hall–Kier alpha value is -2.47. The molecule has 2 atom stereocenters. The largest absolute Gasteiger partial charge is 0.304 e. The number of hydrogen-bond donors (Lipinski definition) is 0. The van der Waals surface area contributed by atoms with Gasteiger partial charge in [-0.05, 0) is 42.3 Å². The molecule has 26 heavy (non-hydrogen) atoms. The Morgan fingerprint density at radius 1 is 1.15 bits per heavy atom. The van der Waals surface area contributed by atoms with Gasteiger partial charge < -0.3 is 4.90 Å². The van der Waals surface area contributed by atoms with Crippen LogP contribution in [0.25, 0.3) is 0 Å². The highest BCUT2D eigenvalue weighted by atomic mass is 32.2. The molecule has 0 saturated carbocycles. The summed E-state index contributed by atoms with van der Waals surface area (Å²) in [4.78, 5) is 14.8. The predicted molar refractivity (Wildman–Crippen MR) is 100 cm³/mol. The van der Waals surface area contributed by atoms with Gasteiger partial charge in [0.2, 0.25) is 5.91 Å². The topological polar surface area (TPSA) is 54.5 Å². The standard InChI is InChI=1S/C20H20FNO3S/c1-2-19(15-6-4-3-5-7-15)20(23)22(17-10-8-16(21)9-11-17)18-12-13-26(24,25)14-18/h3-13,18-19H,2,14H2,1H3/t18-,19-/m1/s1. The van der Waals surface area contributed by atoms with Gasteiger partial charge in [-0.25, -0.2) is 12.8 Å². The van der Waals surface area contributed by atoms with Crippen LogP contribution in [0, 0.1) is 5.82 Å². The molecule has 0 saturated heterocycles. The summed E-state index contributed by atoms with van der Waals surface area (Å²) in [5, 5.41) is 1.14. The smallest absolute Gasteiger partial charge is 0.235 e. The van der Waals surface area contributed by atoms with Gasteiger partial charge in [0, 0.05) is 11.1 Å². The van der Waals surface area contributed by atoms with Crippen LogP contribution >= 0.6 is 0 Å². The first-order chi connectivity index (χ1) is 12.4. The molecule has 1 aliphatic rings. The van der Waals surface area contributed by atoms with Crippen molar-refractivity contribution < 1.29 is 17.6 Å². The maximum absolute atomic E-state index is 13.4. The van der Waals surface area contributed by atoms with E-state index in [-0.39, 0.29) is 11.7 Å². The summed E-state index contributed by atoms with van der Waals surface area (Å²) >= 11 is 0. The number of nitrogens with zero attached hydrogens (tertiary/aromatic N) is 1. The molecule has 0 aromatic heterocycles. The van der Waals surface area contributed by atoms with Gasteiger partial charge in [-0.2, -0.15) is 0 Å². The summed E-state index contributed by atoms with van der Waals surface area (Å²) in [6, 6.07) is 14.3. The van der Waals surface area contributed by atoms with E-state index in [1.165, 1.54) is 35.2 Å². The molecule has 0 bridgehead atoms. The van der Waals surface area contributed by atoms with E-state index < -0.39 is 27.6 Å². The molecule has 2 aromatic rings. The SMILES string of the molecule is CC[C@@H](C(=O)N(c1ccc(F)cc1)[C@@H]1C=CS(=O)(=O)C1)c1ccccc1. The highest BCUT2D eigenvalue weighted by Crippen LogP contribution is 2.29. The van der Waals surface area contributed by atoms with Crippen LogP contribution in [-0.2, 0) is 14.6 Å². The van der Waals surface area contributed by atoms with Gasteiger partial charge in [0.15, 0.2) is 9.84 Å². The highest BCUT2D eigenvalue weighted by Gasteiger charge is 2.34. The van der Waals surface area contributed by atoms with E-state index in [0.29, 0.717) is 12.1 Å². The maximum Gasteiger partial charge on any atom is 0.235 e. The van der Waals surface area contributed by atoms with E-state index in [1.54, 1.807) is 0 Å². The number of hydrogen-bond acceptors (Lipinski definition) is 3. The summed E-state index contributed by atoms with van der Waals surface area (Å²) < 4.78 is 37.1. The zero-order valence-electron chi connectivity index (χ0n) is 14.4. The van der Waals surface area contributed by atoms with Gasteiger partial charge in [-0.1, -0.05) is 37.3 Å². The second-order valence-corrected chi connectivity index (χ2v) is 8.21. The quantitative estimate of drug-likeness (QED) is 0.804. The fourth-order valence-electron chi connectivity index (χ4n) is 3.21. The van der Waals surface area contributed by atoms with E-state index in [2.05, 4.69) is 0 Å². The van der Waals surface area contributed by atoms with Crippen LogP contribution in [0.2, 0.25) is 0 Å². The molecule has 136 valence electrons. The van der Waals surface area contributed by atoms with E-state index in [4.69, 9.17) is 0 Å². The number of carbonyl (C=O) groups is 1. The minimum Gasteiger partial charge on any atom is -0.304 e. The van der Waals surface area contributed by atoms with Crippen LogP contribution in [0.5, 0.6) is 0 Å². The van der Waals surface area contributed by atoms with E-state index in [9.17, 15) is 17.6 Å². The number of halogens is 1. The molecule has 3 rings (SSSR count). The normalized spacial score (nSPS) is 19.2. The Morgan fingerprint density at radius 3 is 2.35 bits per heavy atom. The number of sulfone groups is 1. The third-order valence-electron chi connectivity index (χ3n) is 4.49. The van der Waals surface area contributed by atoms with Crippen molar-refractivity contribution in [1.29, 1.82) is 0 Å². The van der Waals surface area contributed by atoms with Gasteiger partial charge in [-0.15, -0.1) is 0 Å². The summed E-state index contributed by atoms with van der Waals surface area (Å²) in [5.41, 5.74) is 1.36. The molecule has 1 aliphatic heterocycles. The second-order valence-electron chi connectivity index (χ2n) is 6.28. The third kappa shape index (κ3) is 3.85. The fourth-order valence-corrected chi connectivity index (χ4v) is 4.48. The summed E-state index contributed by atoms with van der Waals surface area (Å²) in [7, 11) is -3.34. The first kappa shape index (κ1) is 18.3. The monoisotopic (exact) mass is 373 g/mol. The van der Waals surface area contributed by atoms with Crippen molar-refractivity contribution in [2.45, 2.75) is 25.3 Å². The minimum absolute atomic E-state index is 0.165. The number of carbonyl (C=O) groups excluding carboxylic acids is 1. The molecule has 0 fully saturated rings. The molecular formula is C20H20FNO3S. The Balaban J connectivity index is 2.01. The minimum atomic E-state index is -3.34. The molecule has 6 heteroatoms. The first-order valence-corrected chi connectivity index (χ1v) is 10.2. The first-order valence-electron chi connectivity index (χ1n) is 8.46. The summed E-state index contributed by atoms with van der Waals surface area (Å²) in [6.07, 6.45) is 2.10. The summed E-state index contributed by atoms with van der Waals surface area (Å²) in [6.45, 7) is 1.92. The Bertz CT molecular complexity index is 908. The van der Waals surface area contributed by atoms with E-state index >= 15 is 0 Å². The molecule has 0 radical (unpaired) electrons. The van der Waals surface area contributed by atoms with Crippen molar-refractivity contribution in [2.75, 3.05) is 10.7 Å². The lowest BCUT2D eigenvalue weighted by Crippen LogP contribution is -2.43. The molecule has 2 aromatic carbocycles. The van der Waals surface area contributed by atoms with Crippen LogP contribution in [0.1, 0.15) is 24.8 Å². The lowest BCUT2D eigenvalue weighted by Gasteiger charge is -2.31. The van der Waals surface area contributed by atoms with Crippen LogP contribution in [0.4, 0.5) is 10.1 Å². The second kappa shape index (κ2) is 7.41. The molecule has 0 spiro atoms. The molecule has 0 aliphatic carbocycles. The van der Waals surface area contributed by atoms with E-state index in [0.717, 1.165) is 11.0 Å². The van der Waals surface area contributed by atoms with E-state index in [1.807, 2.05) is 37.3 Å². The predicted octanol–water partition coefficient (Wildman–Crippen LogP) is 3.66. The number of benzene rings is 2. The van der Waals surface area contributed by atoms with Crippen molar-refractivity contribution in [1.82, 2.24) is 0 Å². The Kier molecular flexibility index (Phi) is 5.23. The number of amides is 1. The van der Waals surface area contributed by atoms with Gasteiger partial charge >= 0.3 is 0 Å². The van der Waals surface area contributed by atoms with Crippen LogP contribution in [0.3, 0.4) is 0 Å². The lowest BCUT2D eigenvalue weighted by atomic mass is 9.94. The molecule has 0 unspecified atom stereocenters. The zero-order chi connectivity index (χ0) is 18.7. The number of rotatable bonds is 5. The van der Waals surface area contributed by atoms with Gasteiger partial charge in [0.1, 0.15) is 5.82 Å². The van der Waals surface area contributed by atoms with Crippen molar-refractivity contribution in [3.63, 3.8) is 0 Å². The van der Waals surface area contributed by atoms with Crippen molar-refractivity contribution in [2.24, 2.45) is 0 Å². The molecule has 1 amide bonds. The van der Waals surface area contributed by atoms with Gasteiger partial charge in [-0.3, -0.25) is 4.79 Å². The Morgan fingerprint density at radius 2 is 1.81 bits per heavy atom. The van der Waals surface area contributed by atoms with Gasteiger partial charge in [0.05, 0.1) is 17.7 Å². The highest BCUT2D eigenvalue weighted by molar-refractivity contribution is 7.94. The molecule has 0 N–H and O–H groups in total. The third-order valence-corrected chi connectivity index (χ3v) is 5.87. The van der Waals surface area contributed by atoms with Crippen LogP contribution in [0.15, 0.2) is 66.1 Å². The van der Waals surface area contributed by atoms with Crippen molar-refractivity contribution >= 4 is 21.4 Å². The fraction of sp³-hybridized carbons (Fsp3) is 0.250. The number of anilines is 1. The average Bonchev–Trinajstić information content (AvgIpc) is 2.98. The van der Waals surface area contributed by atoms with Crippen molar-refractivity contribution in [3.05, 3.63) is 77.5 Å². The van der Waals surface area contributed by atoms with Gasteiger partial charge in [0.25, 0.3) is 0 Å². The van der Waals surface area contributed by atoms with Crippen LogP contribution < -0.4 is 4.90 Å². The summed E-state index contributed by atoms with van der Waals surface area (Å²) in [5.74, 6) is -1.18. The zero-order valence-corrected chi connectivity index (χ0v) is 15.2. The lowest BCUT2D eigenvalue weighted by molar-refractivity contribution is -0.120. The average molecular weight is 373 g/mol. The Labute approximate surface area is 152 Å². The maximum atomic E-state index is 13.4. The molecule has 1 heterocycles. The molecular weight excluding hydrogens is 353 g/mol. The van der Waals surface area contributed by atoms with Crippen molar-refractivity contribution in [3.8, 4) is 0 Å².